The summed E-state index contributed by atoms with van der Waals surface area (Å²) in [5, 5.41) is 17.4. The Morgan fingerprint density at radius 1 is 1.60 bits per heavy atom. The van der Waals surface area contributed by atoms with Crippen molar-refractivity contribution in [2.45, 2.75) is 30.2 Å². The van der Waals surface area contributed by atoms with E-state index < -0.39 is 21.8 Å². The number of halogens is 1. The molecule has 0 saturated heterocycles. The topological polar surface area (TPSA) is 112 Å². The van der Waals surface area contributed by atoms with E-state index in [-0.39, 0.29) is 28.6 Å². The summed E-state index contributed by atoms with van der Waals surface area (Å²) < 4.78 is 31.0. The number of hydrogen-bond acceptors (Lipinski definition) is 5. The third-order valence-corrected chi connectivity index (χ3v) is 5.66. The Labute approximate surface area is 124 Å². The number of nitriles is 1. The Hall–Kier alpha value is -1.37. The van der Waals surface area contributed by atoms with Gasteiger partial charge in [-0.25, -0.2) is 13.2 Å². The summed E-state index contributed by atoms with van der Waals surface area (Å²) in [6.07, 6.45) is 1.56. The van der Waals surface area contributed by atoms with Crippen LogP contribution in [0.5, 0.6) is 0 Å². The van der Waals surface area contributed by atoms with E-state index in [1.807, 2.05) is 6.07 Å². The van der Waals surface area contributed by atoms with Crippen molar-refractivity contribution in [2.24, 2.45) is 0 Å². The molecule has 0 aliphatic heterocycles. The number of aromatic carboxylic acids is 1. The molecule has 2 rings (SSSR count). The van der Waals surface area contributed by atoms with Gasteiger partial charge >= 0.3 is 5.97 Å². The van der Waals surface area contributed by atoms with Crippen molar-refractivity contribution in [1.29, 1.82) is 5.26 Å². The molecule has 0 spiro atoms. The number of carbonyl (C=O) groups is 1. The summed E-state index contributed by atoms with van der Waals surface area (Å²) >= 11 is 2.93. The maximum Gasteiger partial charge on any atom is 0.371 e. The summed E-state index contributed by atoms with van der Waals surface area (Å²) in [4.78, 5) is 10.6. The molecule has 0 unspecified atom stereocenters. The first-order valence-electron chi connectivity index (χ1n) is 5.79. The van der Waals surface area contributed by atoms with Gasteiger partial charge in [-0.2, -0.15) is 9.57 Å². The molecular weight excluding hydrogens is 352 g/mol. The quantitative estimate of drug-likeness (QED) is 0.825. The molecule has 7 nitrogen and oxygen atoms in total. The third kappa shape index (κ3) is 2.87. The van der Waals surface area contributed by atoms with Crippen molar-refractivity contribution < 1.29 is 22.7 Å². The normalized spacial score (nSPS) is 15.2. The zero-order valence-electron chi connectivity index (χ0n) is 10.2. The van der Waals surface area contributed by atoms with E-state index in [0.29, 0.717) is 0 Å². The molecule has 1 aliphatic rings. The number of rotatable bonds is 6. The molecule has 1 heterocycles. The molecule has 108 valence electrons. The van der Waals surface area contributed by atoms with Gasteiger partial charge < -0.3 is 9.52 Å². The molecule has 1 aliphatic carbocycles. The van der Waals surface area contributed by atoms with Crippen LogP contribution >= 0.6 is 15.9 Å². The van der Waals surface area contributed by atoms with Crippen LogP contribution in [0.15, 0.2) is 20.0 Å². The summed E-state index contributed by atoms with van der Waals surface area (Å²) in [6.45, 7) is 0.0868. The van der Waals surface area contributed by atoms with Crippen molar-refractivity contribution in [1.82, 2.24) is 4.31 Å². The van der Waals surface area contributed by atoms with Crippen LogP contribution in [-0.2, 0) is 10.0 Å². The van der Waals surface area contributed by atoms with Crippen LogP contribution in [0, 0.1) is 11.3 Å². The second-order valence-corrected chi connectivity index (χ2v) is 6.89. The fourth-order valence-corrected chi connectivity index (χ4v) is 4.37. The second-order valence-electron chi connectivity index (χ2n) is 4.31. The van der Waals surface area contributed by atoms with Crippen LogP contribution in [0.2, 0.25) is 0 Å². The van der Waals surface area contributed by atoms with E-state index in [1.54, 1.807) is 0 Å². The fraction of sp³-hybridized carbons (Fsp3) is 0.455. The average molecular weight is 363 g/mol. The molecule has 0 atom stereocenters. The maximum atomic E-state index is 12.5. The Balaban J connectivity index is 2.37. The Morgan fingerprint density at radius 3 is 2.70 bits per heavy atom. The lowest BCUT2D eigenvalue weighted by Crippen LogP contribution is -2.33. The van der Waals surface area contributed by atoms with Crippen molar-refractivity contribution >= 4 is 31.9 Å². The largest absolute Gasteiger partial charge is 0.475 e. The van der Waals surface area contributed by atoms with Gasteiger partial charge in [0.05, 0.1) is 6.07 Å². The molecular formula is C11H11BrN2O5S. The molecule has 1 N–H and O–H groups in total. The van der Waals surface area contributed by atoms with Gasteiger partial charge in [0.2, 0.25) is 15.8 Å². The van der Waals surface area contributed by atoms with Crippen LogP contribution in [0.1, 0.15) is 29.8 Å². The first kappa shape index (κ1) is 15.0. The molecule has 1 saturated carbocycles. The highest BCUT2D eigenvalue weighted by Crippen LogP contribution is 2.35. The summed E-state index contributed by atoms with van der Waals surface area (Å²) in [5.41, 5.74) is 0. The van der Waals surface area contributed by atoms with Gasteiger partial charge in [-0.15, -0.1) is 0 Å². The van der Waals surface area contributed by atoms with Crippen LogP contribution < -0.4 is 0 Å². The zero-order valence-corrected chi connectivity index (χ0v) is 12.6. The Kier molecular flexibility index (Phi) is 4.17. The standard InChI is InChI=1S/C11H11BrN2O5S/c12-10-9(6-8(19-10)11(15)16)20(17,18)14(5-1-4-13)7-2-3-7/h6-7H,1-3,5H2,(H,15,16). The van der Waals surface area contributed by atoms with Gasteiger partial charge in [-0.05, 0) is 28.8 Å². The highest BCUT2D eigenvalue weighted by atomic mass is 79.9. The predicted octanol–water partition coefficient (Wildman–Crippen LogP) is 1.81. The van der Waals surface area contributed by atoms with Crippen LogP contribution in [0.3, 0.4) is 0 Å². The maximum absolute atomic E-state index is 12.5. The third-order valence-electron chi connectivity index (χ3n) is 2.85. The van der Waals surface area contributed by atoms with Gasteiger partial charge in [0.15, 0.2) is 4.67 Å². The van der Waals surface area contributed by atoms with E-state index in [0.717, 1.165) is 18.9 Å². The van der Waals surface area contributed by atoms with Crippen molar-refractivity contribution in [2.75, 3.05) is 6.54 Å². The molecule has 0 bridgehead atoms. The monoisotopic (exact) mass is 362 g/mol. The van der Waals surface area contributed by atoms with E-state index in [9.17, 15) is 13.2 Å². The predicted molar refractivity (Wildman–Crippen MR) is 70.5 cm³/mol. The second kappa shape index (κ2) is 5.55. The first-order valence-corrected chi connectivity index (χ1v) is 8.02. The SMILES string of the molecule is N#CCCN(C1CC1)S(=O)(=O)c1cc(C(=O)O)oc1Br. The lowest BCUT2D eigenvalue weighted by atomic mass is 10.4. The number of carboxylic acids is 1. The minimum atomic E-state index is -3.88. The molecule has 20 heavy (non-hydrogen) atoms. The molecule has 1 fully saturated rings. The highest BCUT2D eigenvalue weighted by molar-refractivity contribution is 9.10. The van der Waals surface area contributed by atoms with Gasteiger partial charge in [-0.1, -0.05) is 0 Å². The lowest BCUT2D eigenvalue weighted by molar-refractivity contribution is 0.0661. The number of furan rings is 1. The number of sulfonamides is 1. The number of nitrogens with zero attached hydrogens (tertiary/aromatic N) is 2. The molecule has 0 amide bonds. The minimum absolute atomic E-state index is 0.0803. The average Bonchev–Trinajstić information content (AvgIpc) is 3.10. The highest BCUT2D eigenvalue weighted by Gasteiger charge is 2.40. The van der Waals surface area contributed by atoms with E-state index >= 15 is 0 Å². The molecule has 1 aromatic rings. The van der Waals surface area contributed by atoms with E-state index in [4.69, 9.17) is 14.8 Å². The molecule has 0 radical (unpaired) electrons. The van der Waals surface area contributed by atoms with Crippen LogP contribution in [0.25, 0.3) is 0 Å². The minimum Gasteiger partial charge on any atom is -0.475 e. The van der Waals surface area contributed by atoms with Gasteiger partial charge in [-0.3, -0.25) is 0 Å². The van der Waals surface area contributed by atoms with Crippen LogP contribution in [0.4, 0.5) is 0 Å². The summed E-state index contributed by atoms with van der Waals surface area (Å²) in [6, 6.07) is 2.76. The Morgan fingerprint density at radius 2 is 2.25 bits per heavy atom. The van der Waals surface area contributed by atoms with Gasteiger partial charge in [0.1, 0.15) is 4.90 Å². The summed E-state index contributed by atoms with van der Waals surface area (Å²) in [5.74, 6) is -1.80. The Bertz CT molecular complexity index is 671. The fourth-order valence-electron chi connectivity index (χ4n) is 1.78. The molecule has 0 aromatic carbocycles. The smallest absolute Gasteiger partial charge is 0.371 e. The molecule has 9 heteroatoms. The van der Waals surface area contributed by atoms with Crippen LogP contribution in [-0.4, -0.2) is 36.4 Å². The first-order chi connectivity index (χ1) is 9.37. The summed E-state index contributed by atoms with van der Waals surface area (Å²) in [7, 11) is -3.88. The van der Waals surface area contributed by atoms with Gasteiger partial charge in [0.25, 0.3) is 0 Å². The van der Waals surface area contributed by atoms with Crippen molar-refractivity contribution in [3.63, 3.8) is 0 Å². The van der Waals surface area contributed by atoms with E-state index in [2.05, 4.69) is 15.9 Å². The van der Waals surface area contributed by atoms with Crippen molar-refractivity contribution in [3.8, 4) is 6.07 Å². The number of carboxylic acid groups (broad SMARTS) is 1. The zero-order chi connectivity index (χ0) is 14.9. The van der Waals surface area contributed by atoms with Gasteiger partial charge in [0, 0.05) is 25.1 Å². The molecule has 1 aromatic heterocycles. The van der Waals surface area contributed by atoms with E-state index in [1.165, 1.54) is 4.31 Å². The lowest BCUT2D eigenvalue weighted by Gasteiger charge is -2.19. The number of hydrogen-bond donors (Lipinski definition) is 1. The van der Waals surface area contributed by atoms with Crippen molar-refractivity contribution in [3.05, 3.63) is 16.5 Å².